The summed E-state index contributed by atoms with van der Waals surface area (Å²) >= 11 is 0. The molecule has 0 spiro atoms. The number of nitrogens with zero attached hydrogens (tertiary/aromatic N) is 1. The molecule has 4 atom stereocenters. The minimum absolute atomic E-state index is 0.0840. The number of aliphatic hydroxyl groups is 2. The van der Waals surface area contributed by atoms with Crippen LogP contribution in [0.2, 0.25) is 0 Å². The molecule has 4 aliphatic rings. The van der Waals surface area contributed by atoms with E-state index in [1.54, 1.807) is 6.07 Å². The number of benzene rings is 3. The van der Waals surface area contributed by atoms with Crippen molar-refractivity contribution in [3.8, 4) is 23.3 Å². The molecular weight excluding hydrogens is 691 g/mol. The minimum Gasteiger partial charge on any atom is -0.504 e. The first-order valence-electron chi connectivity index (χ1n) is 20.0. The monoisotopic (exact) mass is 743 g/mol. The molecule has 4 aromatic rings. The summed E-state index contributed by atoms with van der Waals surface area (Å²) in [5.41, 5.74) is 12.7. The van der Waals surface area contributed by atoms with E-state index in [-0.39, 0.29) is 36.4 Å². The summed E-state index contributed by atoms with van der Waals surface area (Å²) in [6, 6.07) is 20.8. The van der Waals surface area contributed by atoms with Crippen molar-refractivity contribution in [2.24, 2.45) is 11.7 Å². The Bertz CT molecular complexity index is 2100. The highest BCUT2D eigenvalue weighted by Gasteiger charge is 2.37. The van der Waals surface area contributed by atoms with Crippen molar-refractivity contribution < 1.29 is 29.5 Å². The highest BCUT2D eigenvalue weighted by Crippen LogP contribution is 2.44. The Hall–Kier alpha value is -4.56. The second-order valence-electron chi connectivity index (χ2n) is 15.7. The van der Waals surface area contributed by atoms with Gasteiger partial charge < -0.3 is 45.1 Å². The average Bonchev–Trinajstić information content (AvgIpc) is 3.63. The van der Waals surface area contributed by atoms with Gasteiger partial charge in [-0.25, -0.2) is 0 Å². The van der Waals surface area contributed by atoms with Gasteiger partial charge in [0.2, 0.25) is 0 Å². The van der Waals surface area contributed by atoms with E-state index in [9.17, 15) is 15.3 Å². The summed E-state index contributed by atoms with van der Waals surface area (Å²) < 4.78 is 21.3. The zero-order chi connectivity index (χ0) is 37.8. The Morgan fingerprint density at radius 3 is 2.65 bits per heavy atom. The number of rotatable bonds is 5. The number of phenols is 1. The fraction of sp³-hybridized carbons (Fsp3) is 0.435. The second-order valence-corrected chi connectivity index (χ2v) is 15.7. The molecule has 0 radical (unpaired) electrons. The van der Waals surface area contributed by atoms with Crippen molar-refractivity contribution >= 4 is 16.6 Å². The van der Waals surface area contributed by atoms with Gasteiger partial charge in [0.15, 0.2) is 11.5 Å². The van der Waals surface area contributed by atoms with Crippen molar-refractivity contribution in [2.75, 3.05) is 26.4 Å². The molecule has 4 aliphatic heterocycles. The molecule has 9 heteroatoms. The molecule has 6 N–H and O–H groups in total. The molecule has 1 aromatic heterocycles. The van der Waals surface area contributed by atoms with Gasteiger partial charge in [0, 0.05) is 65.5 Å². The van der Waals surface area contributed by atoms with Crippen LogP contribution >= 0.6 is 0 Å². The first-order valence-corrected chi connectivity index (χ1v) is 20.0. The highest BCUT2D eigenvalue weighted by molar-refractivity contribution is 5.88. The standard InChI is InChI=1S/C46H53N3O6/c47-44-25-33-14-11-31(7-5-19-50)6-4-10-39-26-38(51)15-12-32-13-16-42(52)43(22-32)55-29-35-24-37(46(17-20-53-21-18-46)36-8-2-1-3-9-36)23-34-27-49(28-40(34)35)45(48-44)41(33)30-54-39/h1-3,8-9,13,16,22-25,27-28,31,38-39,44,48,50-52H,4-7,10,12,15,17-21,26,29-30,47H2/t31-,38+,39-,44?/m0/s1. The summed E-state index contributed by atoms with van der Waals surface area (Å²) in [5.74, 6) is 8.50. The van der Waals surface area contributed by atoms with Crippen LogP contribution < -0.4 is 15.8 Å². The fourth-order valence-corrected chi connectivity index (χ4v) is 8.87. The molecule has 288 valence electrons. The Kier molecular flexibility index (Phi) is 11.3. The number of phenolic OH excluding ortho intramolecular Hbond substituents is 1. The number of hydrogen-bond acceptors (Lipinski definition) is 8. The van der Waals surface area contributed by atoms with Crippen LogP contribution in [0.4, 0.5) is 0 Å². The van der Waals surface area contributed by atoms with Gasteiger partial charge in [-0.05, 0) is 111 Å². The number of dihydropyridines is 1. The first-order chi connectivity index (χ1) is 26.9. The fourth-order valence-electron chi connectivity index (χ4n) is 8.87. The molecule has 1 unspecified atom stereocenters. The van der Waals surface area contributed by atoms with E-state index < -0.39 is 12.3 Å². The molecule has 55 heavy (non-hydrogen) atoms. The minimum atomic E-state index is -0.570. The van der Waals surface area contributed by atoms with Gasteiger partial charge in [0.25, 0.3) is 0 Å². The maximum atomic E-state index is 11.3. The summed E-state index contributed by atoms with van der Waals surface area (Å²) in [4.78, 5) is 0. The smallest absolute Gasteiger partial charge is 0.161 e. The van der Waals surface area contributed by atoms with Gasteiger partial charge >= 0.3 is 0 Å². The van der Waals surface area contributed by atoms with Gasteiger partial charge in [-0.2, -0.15) is 0 Å². The van der Waals surface area contributed by atoms with E-state index in [1.807, 2.05) is 18.2 Å². The number of nitrogens with one attached hydrogen (secondary N) is 1. The lowest BCUT2D eigenvalue weighted by atomic mass is 9.68. The lowest BCUT2D eigenvalue weighted by molar-refractivity contribution is 0.0166. The second kappa shape index (κ2) is 16.7. The Labute approximate surface area is 323 Å². The van der Waals surface area contributed by atoms with E-state index in [0.717, 1.165) is 77.4 Å². The lowest BCUT2D eigenvalue weighted by Gasteiger charge is -2.39. The Balaban J connectivity index is 1.30. The van der Waals surface area contributed by atoms with Crippen LogP contribution in [0, 0.1) is 17.8 Å². The van der Waals surface area contributed by atoms with Crippen molar-refractivity contribution in [3.05, 3.63) is 113 Å². The third kappa shape index (κ3) is 8.21. The third-order valence-corrected chi connectivity index (χ3v) is 12.0. The predicted octanol–water partition coefficient (Wildman–Crippen LogP) is 6.66. The molecule has 0 aliphatic carbocycles. The van der Waals surface area contributed by atoms with Crippen LogP contribution in [0.1, 0.15) is 80.0 Å². The normalized spacial score (nSPS) is 24.4. The SMILES string of the molecule is NC1C=C2C#C[C@H](CCCO)CCC[C@H]3C[C@H](O)CCc4ccc(O)c(c4)OCc4cc(C5(c6ccccc6)CCOCC5)cc5cn(cc45)C(=C2CO3)N1. The number of hydrogen-bond donors (Lipinski definition) is 5. The van der Waals surface area contributed by atoms with Gasteiger partial charge in [-0.1, -0.05) is 54.3 Å². The molecule has 0 saturated carbocycles. The van der Waals surface area contributed by atoms with Crippen molar-refractivity contribution in [2.45, 2.75) is 94.6 Å². The first kappa shape index (κ1) is 37.4. The number of aromatic nitrogens is 1. The summed E-state index contributed by atoms with van der Waals surface area (Å²) in [6.07, 6.45) is 12.6. The van der Waals surface area contributed by atoms with E-state index in [2.05, 4.69) is 76.6 Å². The van der Waals surface area contributed by atoms with Crippen LogP contribution in [0.5, 0.6) is 11.5 Å². The third-order valence-electron chi connectivity index (χ3n) is 12.0. The molecule has 1 saturated heterocycles. The lowest BCUT2D eigenvalue weighted by Crippen LogP contribution is -2.40. The van der Waals surface area contributed by atoms with Crippen LogP contribution in [0.15, 0.2) is 90.3 Å². The molecule has 8 rings (SSSR count). The summed E-state index contributed by atoms with van der Waals surface area (Å²) in [6.45, 7) is 2.03. The van der Waals surface area contributed by atoms with E-state index in [1.165, 1.54) is 11.1 Å². The van der Waals surface area contributed by atoms with Crippen molar-refractivity contribution in [1.29, 1.82) is 0 Å². The maximum Gasteiger partial charge on any atom is 0.161 e. The average molecular weight is 744 g/mol. The molecule has 1 fully saturated rings. The van der Waals surface area contributed by atoms with Crippen LogP contribution in [-0.4, -0.2) is 64.7 Å². The summed E-state index contributed by atoms with van der Waals surface area (Å²) in [5, 5.41) is 37.5. The van der Waals surface area contributed by atoms with Crippen LogP contribution in [0.3, 0.4) is 0 Å². The predicted molar refractivity (Wildman–Crippen MR) is 214 cm³/mol. The van der Waals surface area contributed by atoms with Crippen molar-refractivity contribution in [3.63, 3.8) is 0 Å². The van der Waals surface area contributed by atoms with Gasteiger partial charge in [0.05, 0.1) is 25.0 Å². The topological polar surface area (TPSA) is 131 Å². The number of fused-ring (bicyclic) bond motifs is 6. The van der Waals surface area contributed by atoms with Gasteiger partial charge in [-0.15, -0.1) is 0 Å². The highest BCUT2D eigenvalue weighted by atomic mass is 16.5. The quantitative estimate of drug-likeness (QED) is 0.144. The van der Waals surface area contributed by atoms with E-state index in [0.29, 0.717) is 51.3 Å². The summed E-state index contributed by atoms with van der Waals surface area (Å²) in [7, 11) is 0. The molecule has 6 bridgehead atoms. The van der Waals surface area contributed by atoms with Crippen molar-refractivity contribution in [1.82, 2.24) is 9.88 Å². The maximum absolute atomic E-state index is 11.3. The molecule has 5 heterocycles. The molecular formula is C46H53N3O6. The number of nitrogens with two attached hydrogens (primary N) is 1. The zero-order valence-corrected chi connectivity index (χ0v) is 31.5. The zero-order valence-electron chi connectivity index (χ0n) is 31.5. The van der Waals surface area contributed by atoms with Crippen LogP contribution in [-0.2, 0) is 27.9 Å². The Morgan fingerprint density at radius 1 is 0.964 bits per heavy atom. The molecule has 3 aromatic carbocycles. The number of aromatic hydroxyl groups is 1. The van der Waals surface area contributed by atoms with Crippen LogP contribution in [0.25, 0.3) is 16.6 Å². The van der Waals surface area contributed by atoms with E-state index >= 15 is 0 Å². The number of aliphatic hydroxyl groups excluding tert-OH is 2. The molecule has 9 nitrogen and oxygen atoms in total. The molecule has 0 amide bonds. The Morgan fingerprint density at radius 2 is 1.82 bits per heavy atom. The van der Waals surface area contributed by atoms with Gasteiger partial charge in [-0.3, -0.25) is 0 Å². The number of ether oxygens (including phenoxy) is 3. The van der Waals surface area contributed by atoms with Gasteiger partial charge in [0.1, 0.15) is 12.4 Å². The largest absolute Gasteiger partial charge is 0.504 e. The number of aryl methyl sites for hydroxylation is 1. The van der Waals surface area contributed by atoms with E-state index in [4.69, 9.17) is 19.9 Å².